The highest BCUT2D eigenvalue weighted by Crippen LogP contribution is 2.68. The van der Waals surface area contributed by atoms with Gasteiger partial charge in [-0.05, 0) is 266 Å². The Kier molecular flexibility index (Phi) is 20.0. The standard InChI is InChI=1S/C64H39N5.C40H23Br2N3.C26H13Br2ClO/c1-3-17-40(18-4-1)61-65-62(41-19-5-2-6-20-41)67-63(66-61)42-31-34-46-45-21-7-12-26-53(45)64(54(46)37-42)55-38-43(68-57-27-13-8-22-49(57)50-23-9-14-28-58(50)68)32-35-47(55)48-36-33-44(39-56(48)64)69-59-29-15-10-24-51(59)52-25-11-16-30-60(52)69;41-27-16-19-31-32-20-17-28(42)23-36(32)40(35(31)22-27)33-14-8-7-13-29(33)30-18-15-26(21-34(30)40)39-44-37(24-9-3-1-4-10-24)43-38(45-39)25-11-5-2-6-12-25;27-15-6-9-19-20-10-7-16(28)13-24(20)26(23(19)12-15)21-4-2-1-3-17(21)18-8-5-14(25(29)30)11-22(18)26/h1-39H;1-23H;1-13H. The molecule has 676 valence electrons. The number of nitrogens with zero attached hydrogens (tertiary/aromatic N) is 8. The van der Waals surface area contributed by atoms with Crippen LogP contribution in [0.3, 0.4) is 0 Å². The second-order valence-corrected chi connectivity index (χ2v) is 41.5. The zero-order chi connectivity index (χ0) is 96.0. The number of carbonyl (C=O) groups is 1. The first kappa shape index (κ1) is 85.8. The van der Waals surface area contributed by atoms with Gasteiger partial charge in [0.2, 0.25) is 0 Å². The van der Waals surface area contributed by atoms with Crippen molar-refractivity contribution in [2.45, 2.75) is 16.2 Å². The number of aromatic nitrogens is 8. The Morgan fingerprint density at radius 1 is 0.194 bits per heavy atom. The van der Waals surface area contributed by atoms with Crippen molar-refractivity contribution in [1.82, 2.24) is 39.0 Å². The monoisotopic (exact) mass is 2110 g/mol. The van der Waals surface area contributed by atoms with Gasteiger partial charge in [0.15, 0.2) is 34.9 Å². The summed E-state index contributed by atoms with van der Waals surface area (Å²) in [5.41, 5.74) is 41.0. The molecule has 3 spiro atoms. The van der Waals surface area contributed by atoms with E-state index in [1.54, 1.807) is 0 Å². The van der Waals surface area contributed by atoms with Crippen LogP contribution in [0.5, 0.6) is 0 Å². The molecule has 14 heteroatoms. The number of hydrogen-bond acceptors (Lipinski definition) is 7. The van der Waals surface area contributed by atoms with Gasteiger partial charge in [-0.2, -0.15) is 0 Å². The summed E-state index contributed by atoms with van der Waals surface area (Å²) >= 11 is 20.9. The summed E-state index contributed by atoms with van der Waals surface area (Å²) < 4.78 is 9.08. The quantitative estimate of drug-likeness (QED) is 0.133. The highest BCUT2D eigenvalue weighted by atomic mass is 79.9. The molecule has 0 unspecified atom stereocenters. The van der Waals surface area contributed by atoms with Gasteiger partial charge in [0.05, 0.1) is 38.3 Å². The van der Waals surface area contributed by atoms with Gasteiger partial charge in [0.1, 0.15) is 0 Å². The molecule has 4 aromatic heterocycles. The van der Waals surface area contributed by atoms with Crippen molar-refractivity contribution in [3.8, 4) is 146 Å². The highest BCUT2D eigenvalue weighted by molar-refractivity contribution is 9.11. The molecule has 0 amide bonds. The van der Waals surface area contributed by atoms with E-state index in [2.05, 4.69) is 413 Å². The van der Waals surface area contributed by atoms with Crippen LogP contribution >= 0.6 is 75.3 Å². The molecule has 0 radical (unpaired) electrons. The lowest BCUT2D eigenvalue weighted by Crippen LogP contribution is -2.26. The van der Waals surface area contributed by atoms with Crippen LogP contribution in [-0.4, -0.2) is 44.3 Å². The Bertz CT molecular complexity index is 9110. The van der Waals surface area contributed by atoms with Crippen molar-refractivity contribution in [1.29, 1.82) is 0 Å². The molecule has 0 atom stereocenters. The van der Waals surface area contributed by atoms with Crippen LogP contribution in [-0.2, 0) is 16.2 Å². The van der Waals surface area contributed by atoms with E-state index in [-0.39, 0.29) is 0 Å². The van der Waals surface area contributed by atoms with Crippen LogP contribution in [0.1, 0.15) is 77.1 Å². The van der Waals surface area contributed by atoms with Crippen LogP contribution < -0.4 is 0 Å². The SMILES string of the molecule is Brc1ccc2c(c1)C1(c3ccccc3-c3ccc(-c4nc(-c5ccccc5)nc(-c5ccccc5)n4)cc31)c1cc(Br)ccc1-2.O=C(Cl)c1ccc2c(c1)C1(c3ccccc3-2)c2cc(Br)ccc2-c2ccc(Br)cc21.c1ccc(-c2nc(-c3ccccc3)nc(-c3ccc4c(c3)C3(c5ccccc5-4)c4cc(-n5c6ccccc6c6ccccc65)ccc4-c4ccc(-n5c6ccccc6c6ccccc65)cc43)n2)cc1. The normalized spacial score (nSPS) is 13.4. The molecule has 9 nitrogen and oxygen atoms in total. The number of fused-ring (bicyclic) bond motifs is 36. The van der Waals surface area contributed by atoms with E-state index >= 15 is 0 Å². The van der Waals surface area contributed by atoms with E-state index in [1.165, 1.54) is 166 Å². The fourth-order valence-electron chi connectivity index (χ4n) is 24.4. The van der Waals surface area contributed by atoms with E-state index in [0.29, 0.717) is 40.5 Å². The highest BCUT2D eigenvalue weighted by Gasteiger charge is 2.56. The first-order valence-corrected chi connectivity index (χ1v) is 51.6. The maximum Gasteiger partial charge on any atom is 0.252 e. The van der Waals surface area contributed by atoms with E-state index in [1.807, 2.05) is 115 Å². The number of halogens is 5. The number of rotatable bonds is 9. The predicted molar refractivity (Wildman–Crippen MR) is 597 cm³/mol. The average Bonchev–Trinajstić information content (AvgIpc) is 1.52. The zero-order valence-corrected chi connectivity index (χ0v) is 83.8. The minimum Gasteiger partial charge on any atom is -0.309 e. The molecule has 30 rings (SSSR count). The van der Waals surface area contributed by atoms with Crippen LogP contribution in [0.25, 0.3) is 190 Å². The van der Waals surface area contributed by atoms with Crippen molar-refractivity contribution in [3.05, 3.63) is 545 Å². The second kappa shape index (κ2) is 33.5. The summed E-state index contributed by atoms with van der Waals surface area (Å²) in [7, 11) is 0. The molecule has 4 heterocycles. The Hall–Kier alpha value is -16.1. The molecule has 24 aromatic rings. The van der Waals surface area contributed by atoms with Crippen molar-refractivity contribution in [2.24, 2.45) is 0 Å². The molecule has 0 saturated heterocycles. The Balaban J connectivity index is 0.000000115. The lowest BCUT2D eigenvalue weighted by atomic mass is 9.70. The summed E-state index contributed by atoms with van der Waals surface area (Å²) in [6.07, 6.45) is 0. The van der Waals surface area contributed by atoms with Crippen LogP contribution in [0.15, 0.2) is 473 Å². The summed E-state index contributed by atoms with van der Waals surface area (Å²) in [6.45, 7) is 0. The molecular weight excluding hydrogens is 2040 g/mol. The zero-order valence-electron chi connectivity index (χ0n) is 76.7. The molecule has 0 aliphatic heterocycles. The van der Waals surface area contributed by atoms with Gasteiger partial charge in [-0.25, -0.2) is 29.9 Å². The molecule has 0 fully saturated rings. The summed E-state index contributed by atoms with van der Waals surface area (Å²) in [5, 5.41) is 4.53. The third-order valence-corrected chi connectivity index (χ3v) is 32.4. The number of para-hydroxylation sites is 4. The van der Waals surface area contributed by atoms with Gasteiger partial charge in [-0.15, -0.1) is 0 Å². The lowest BCUT2D eigenvalue weighted by Gasteiger charge is -2.31. The van der Waals surface area contributed by atoms with Crippen molar-refractivity contribution in [3.63, 3.8) is 0 Å². The average molecular weight is 2120 g/mol. The molecule has 20 aromatic carbocycles. The maximum atomic E-state index is 12.1. The molecule has 0 bridgehead atoms. The molecule has 0 N–H and O–H groups in total. The van der Waals surface area contributed by atoms with Crippen LogP contribution in [0, 0.1) is 0 Å². The summed E-state index contributed by atoms with van der Waals surface area (Å²) in [4.78, 5) is 42.7. The van der Waals surface area contributed by atoms with Gasteiger partial charge in [0, 0.05) is 89.8 Å². The predicted octanol–water partition coefficient (Wildman–Crippen LogP) is 34.1. The van der Waals surface area contributed by atoms with Gasteiger partial charge in [0.25, 0.3) is 5.24 Å². The van der Waals surface area contributed by atoms with Crippen molar-refractivity contribution < 1.29 is 4.79 Å². The van der Waals surface area contributed by atoms with Crippen molar-refractivity contribution >= 4 is 124 Å². The molecule has 6 aliphatic carbocycles. The Morgan fingerprint density at radius 2 is 0.410 bits per heavy atom. The number of benzene rings is 20. The van der Waals surface area contributed by atoms with Gasteiger partial charge in [-0.1, -0.05) is 397 Å². The smallest absolute Gasteiger partial charge is 0.252 e. The minimum absolute atomic E-state index is 0.439. The van der Waals surface area contributed by atoms with Gasteiger partial charge >= 0.3 is 0 Å². The van der Waals surface area contributed by atoms with Crippen molar-refractivity contribution in [2.75, 3.05) is 0 Å². The largest absolute Gasteiger partial charge is 0.309 e. The lowest BCUT2D eigenvalue weighted by molar-refractivity contribution is 0.108. The molecule has 144 heavy (non-hydrogen) atoms. The first-order valence-electron chi connectivity index (χ1n) is 48.0. The van der Waals surface area contributed by atoms with Gasteiger partial charge in [-0.3, -0.25) is 4.79 Å². The Labute approximate surface area is 868 Å². The third kappa shape index (κ3) is 12.9. The van der Waals surface area contributed by atoms with E-state index in [0.717, 1.165) is 73.8 Å². The minimum atomic E-state index is -0.701. The fourth-order valence-corrected chi connectivity index (χ4v) is 25.9. The topological polar surface area (TPSA) is 104 Å². The second-order valence-electron chi connectivity index (χ2n) is 37.5. The summed E-state index contributed by atoms with van der Waals surface area (Å²) in [6, 6.07) is 162. The fraction of sp³-hybridized carbons (Fsp3) is 0.0231. The van der Waals surface area contributed by atoms with Crippen LogP contribution in [0.2, 0.25) is 0 Å². The summed E-state index contributed by atoms with van der Waals surface area (Å²) in [5.74, 6) is 3.87. The third-order valence-electron chi connectivity index (χ3n) is 30.2. The molecule has 0 saturated carbocycles. The number of carbonyl (C=O) groups excluding carboxylic acids is 1. The number of hydrogen-bond donors (Lipinski definition) is 0. The van der Waals surface area contributed by atoms with Crippen LogP contribution in [0.4, 0.5) is 0 Å². The van der Waals surface area contributed by atoms with E-state index in [4.69, 9.17) is 41.5 Å². The Morgan fingerprint density at radius 3 is 0.701 bits per heavy atom. The van der Waals surface area contributed by atoms with Gasteiger partial charge < -0.3 is 9.13 Å². The van der Waals surface area contributed by atoms with E-state index in [9.17, 15) is 4.79 Å². The van der Waals surface area contributed by atoms with E-state index < -0.39 is 21.5 Å². The first-order chi connectivity index (χ1) is 70.8. The maximum absolute atomic E-state index is 12.1. The molecular formula is C130H75Br4ClN8O. The molecule has 6 aliphatic rings.